The van der Waals surface area contributed by atoms with Gasteiger partial charge in [0.25, 0.3) is 0 Å². The number of thiazole rings is 1. The third-order valence-electron chi connectivity index (χ3n) is 2.51. The van der Waals surface area contributed by atoms with Gasteiger partial charge >= 0.3 is 0 Å². The first kappa shape index (κ1) is 9.14. The van der Waals surface area contributed by atoms with Crippen molar-refractivity contribution in [3.8, 4) is 0 Å². The molecule has 6 heteroatoms. The Kier molecular flexibility index (Phi) is 2.12. The minimum absolute atomic E-state index is 0.0468. The van der Waals surface area contributed by atoms with Crippen molar-refractivity contribution in [2.75, 3.05) is 13.2 Å². The average Bonchev–Trinajstić information content (AvgIpc) is 2.82. The maximum Gasteiger partial charge on any atom is 0.189 e. The molecule has 2 unspecified atom stereocenters. The summed E-state index contributed by atoms with van der Waals surface area (Å²) >= 11 is 1.55. The van der Waals surface area contributed by atoms with Gasteiger partial charge in [-0.25, -0.2) is 15.0 Å². The van der Waals surface area contributed by atoms with Gasteiger partial charge in [0, 0.05) is 18.4 Å². The van der Waals surface area contributed by atoms with Gasteiger partial charge in [0.15, 0.2) is 10.5 Å². The Morgan fingerprint density at radius 3 is 2.93 bits per heavy atom. The Hall–Kier alpha value is -1.11. The van der Waals surface area contributed by atoms with Crippen LogP contribution in [-0.4, -0.2) is 34.2 Å². The lowest BCUT2D eigenvalue weighted by atomic mass is 10.1. The Bertz CT molecular complexity index is 453. The maximum atomic E-state index is 5.93. The van der Waals surface area contributed by atoms with Gasteiger partial charge < -0.3 is 10.5 Å². The van der Waals surface area contributed by atoms with Crippen molar-refractivity contribution >= 4 is 21.8 Å². The highest BCUT2D eigenvalue weighted by Gasteiger charge is 2.29. The number of rotatable bonds is 1. The summed E-state index contributed by atoms with van der Waals surface area (Å²) in [5.74, 6) is 0.200. The van der Waals surface area contributed by atoms with Crippen LogP contribution in [0.2, 0.25) is 0 Å². The molecule has 2 aromatic rings. The molecule has 5 nitrogen and oxygen atoms in total. The van der Waals surface area contributed by atoms with Crippen LogP contribution in [0.15, 0.2) is 12.4 Å². The smallest absolute Gasteiger partial charge is 0.189 e. The van der Waals surface area contributed by atoms with Gasteiger partial charge in [0.2, 0.25) is 0 Å². The molecule has 0 radical (unpaired) electrons. The summed E-state index contributed by atoms with van der Waals surface area (Å²) in [7, 11) is 0. The first-order chi connectivity index (χ1) is 7.34. The van der Waals surface area contributed by atoms with Gasteiger partial charge in [-0.3, -0.25) is 0 Å². The highest BCUT2D eigenvalue weighted by atomic mass is 32.1. The van der Waals surface area contributed by atoms with E-state index in [9.17, 15) is 0 Å². The molecule has 1 aliphatic rings. The van der Waals surface area contributed by atoms with E-state index in [0.717, 1.165) is 9.84 Å². The minimum atomic E-state index is 0.0468. The van der Waals surface area contributed by atoms with Crippen molar-refractivity contribution in [3.63, 3.8) is 0 Å². The molecule has 3 heterocycles. The third-order valence-corrected chi connectivity index (χ3v) is 3.59. The van der Waals surface area contributed by atoms with Crippen LogP contribution in [0.25, 0.3) is 10.5 Å². The monoisotopic (exact) mass is 222 g/mol. The van der Waals surface area contributed by atoms with Crippen molar-refractivity contribution in [1.29, 1.82) is 0 Å². The van der Waals surface area contributed by atoms with Crippen molar-refractivity contribution in [1.82, 2.24) is 15.0 Å². The predicted octanol–water partition coefficient (Wildman–Crippen LogP) is 0.527. The Morgan fingerprint density at radius 2 is 2.20 bits per heavy atom. The lowest BCUT2D eigenvalue weighted by Gasteiger charge is -2.07. The number of fused-ring (bicyclic) bond motifs is 1. The second-order valence-electron chi connectivity index (χ2n) is 3.55. The normalized spacial score (nSPS) is 26.2. The molecule has 0 spiro atoms. The molecule has 15 heavy (non-hydrogen) atoms. The summed E-state index contributed by atoms with van der Waals surface area (Å²) < 4.78 is 5.32. The molecule has 0 aromatic carbocycles. The van der Waals surface area contributed by atoms with Crippen LogP contribution < -0.4 is 5.73 Å². The standard InChI is InChI=1S/C9H10N4OS/c10-6-4-14-3-5(6)8-13-7-9(15-8)12-2-1-11-7/h1-2,5-6H,3-4,10H2. The average molecular weight is 222 g/mol. The van der Waals surface area contributed by atoms with Crippen LogP contribution in [0.5, 0.6) is 0 Å². The van der Waals surface area contributed by atoms with E-state index in [1.807, 2.05) is 0 Å². The molecule has 3 rings (SSSR count). The third kappa shape index (κ3) is 1.50. The maximum absolute atomic E-state index is 5.93. The van der Waals surface area contributed by atoms with Crippen LogP contribution in [0.3, 0.4) is 0 Å². The summed E-state index contributed by atoms with van der Waals surface area (Å²) in [4.78, 5) is 13.7. The molecule has 78 valence electrons. The number of aromatic nitrogens is 3. The van der Waals surface area contributed by atoms with Crippen molar-refractivity contribution in [2.45, 2.75) is 12.0 Å². The summed E-state index contributed by atoms with van der Waals surface area (Å²) in [6.45, 7) is 1.27. The van der Waals surface area contributed by atoms with E-state index in [1.165, 1.54) is 0 Å². The zero-order valence-corrected chi connectivity index (χ0v) is 8.78. The molecule has 2 N–H and O–H groups in total. The van der Waals surface area contributed by atoms with Crippen molar-refractivity contribution in [3.05, 3.63) is 17.4 Å². The Balaban J connectivity index is 2.04. The van der Waals surface area contributed by atoms with Crippen LogP contribution in [0, 0.1) is 0 Å². The van der Waals surface area contributed by atoms with Gasteiger partial charge in [0.1, 0.15) is 5.01 Å². The van der Waals surface area contributed by atoms with Gasteiger partial charge in [-0.05, 0) is 0 Å². The van der Waals surface area contributed by atoms with Crippen LogP contribution in [0.4, 0.5) is 0 Å². The topological polar surface area (TPSA) is 73.9 Å². The molecular formula is C9H10N4OS. The molecule has 0 bridgehead atoms. The number of nitrogens with zero attached hydrogens (tertiary/aromatic N) is 3. The predicted molar refractivity (Wildman–Crippen MR) is 56.7 cm³/mol. The highest BCUT2D eigenvalue weighted by Crippen LogP contribution is 2.29. The van der Waals surface area contributed by atoms with E-state index in [2.05, 4.69) is 15.0 Å². The zero-order valence-electron chi connectivity index (χ0n) is 7.96. The van der Waals surface area contributed by atoms with Crippen molar-refractivity contribution < 1.29 is 4.74 Å². The number of hydrogen-bond donors (Lipinski definition) is 1. The molecule has 2 atom stereocenters. The molecule has 2 aromatic heterocycles. The molecule has 1 aliphatic heterocycles. The molecule has 0 amide bonds. The number of ether oxygens (including phenoxy) is 1. The van der Waals surface area contributed by atoms with Crippen molar-refractivity contribution in [2.24, 2.45) is 5.73 Å². The van der Waals surface area contributed by atoms with E-state index in [-0.39, 0.29) is 12.0 Å². The molecule has 0 saturated carbocycles. The molecule has 1 fully saturated rings. The first-order valence-corrected chi connectivity index (χ1v) is 5.57. The highest BCUT2D eigenvalue weighted by molar-refractivity contribution is 7.18. The van der Waals surface area contributed by atoms with E-state index in [4.69, 9.17) is 10.5 Å². The fourth-order valence-electron chi connectivity index (χ4n) is 1.68. The van der Waals surface area contributed by atoms with Gasteiger partial charge in [0.05, 0.1) is 19.1 Å². The fourth-order valence-corrected chi connectivity index (χ4v) is 2.70. The van der Waals surface area contributed by atoms with Crippen LogP contribution in [0.1, 0.15) is 10.9 Å². The van der Waals surface area contributed by atoms with Crippen LogP contribution in [-0.2, 0) is 4.74 Å². The summed E-state index contributed by atoms with van der Waals surface area (Å²) in [6, 6.07) is 0.0468. The fraction of sp³-hybridized carbons (Fsp3) is 0.444. The number of hydrogen-bond acceptors (Lipinski definition) is 6. The second-order valence-corrected chi connectivity index (χ2v) is 4.55. The van der Waals surface area contributed by atoms with Gasteiger partial charge in [-0.2, -0.15) is 0 Å². The Morgan fingerprint density at radius 1 is 1.33 bits per heavy atom. The largest absolute Gasteiger partial charge is 0.379 e. The molecular weight excluding hydrogens is 212 g/mol. The quantitative estimate of drug-likeness (QED) is 0.761. The van der Waals surface area contributed by atoms with E-state index >= 15 is 0 Å². The SMILES string of the molecule is NC1COCC1c1nc2nccnc2s1. The lowest BCUT2D eigenvalue weighted by Crippen LogP contribution is -2.26. The minimum Gasteiger partial charge on any atom is -0.379 e. The summed E-state index contributed by atoms with van der Waals surface area (Å²) in [5.41, 5.74) is 6.64. The van der Waals surface area contributed by atoms with Gasteiger partial charge in [-0.15, -0.1) is 0 Å². The van der Waals surface area contributed by atoms with E-state index < -0.39 is 0 Å². The zero-order chi connectivity index (χ0) is 10.3. The second kappa shape index (κ2) is 3.48. The summed E-state index contributed by atoms with van der Waals surface area (Å²) in [5, 5.41) is 0.987. The van der Waals surface area contributed by atoms with Gasteiger partial charge in [-0.1, -0.05) is 11.3 Å². The van der Waals surface area contributed by atoms with Crippen LogP contribution >= 0.6 is 11.3 Å². The first-order valence-electron chi connectivity index (χ1n) is 4.75. The van der Waals surface area contributed by atoms with E-state index in [1.54, 1.807) is 23.7 Å². The summed E-state index contributed by atoms with van der Waals surface area (Å²) in [6.07, 6.45) is 3.33. The van der Waals surface area contributed by atoms with E-state index in [0.29, 0.717) is 18.9 Å². The number of nitrogens with two attached hydrogens (primary N) is 1. The molecule has 1 saturated heterocycles. The Labute approximate surface area is 90.3 Å². The lowest BCUT2D eigenvalue weighted by molar-refractivity contribution is 0.191. The molecule has 0 aliphatic carbocycles.